The Bertz CT molecular complexity index is 953. The largest absolute Gasteiger partial charge is 0.313 e. The minimum atomic E-state index is -0.502. The van der Waals surface area contributed by atoms with Gasteiger partial charge in [0.25, 0.3) is 0 Å². The predicted octanol–water partition coefficient (Wildman–Crippen LogP) is 3.41. The summed E-state index contributed by atoms with van der Waals surface area (Å²) in [6.45, 7) is 1.73. The number of Topliss-reactive ketones (excluding diaryl/α,β-unsaturated/α-hetero) is 1. The van der Waals surface area contributed by atoms with Gasteiger partial charge in [0.05, 0.1) is 17.8 Å². The third kappa shape index (κ3) is 4.08. The number of anilines is 1. The number of amides is 1. The summed E-state index contributed by atoms with van der Waals surface area (Å²) in [5.74, 6) is -0.752. The highest BCUT2D eigenvalue weighted by Crippen LogP contribution is 2.25. The molecule has 1 aromatic carbocycles. The molecule has 0 fully saturated rings. The second-order valence-corrected chi connectivity index (χ2v) is 6.09. The molecule has 0 radical (unpaired) electrons. The van der Waals surface area contributed by atoms with Gasteiger partial charge < -0.3 is 4.90 Å². The van der Waals surface area contributed by atoms with Gasteiger partial charge in [-0.15, -0.1) is 0 Å². The number of H-pyrrole nitrogens is 1. The molecule has 0 spiro atoms. The highest BCUT2D eigenvalue weighted by Gasteiger charge is 2.15. The zero-order chi connectivity index (χ0) is 19.4. The first-order chi connectivity index (χ1) is 13.0. The van der Waals surface area contributed by atoms with E-state index in [1.807, 2.05) is 0 Å². The number of aromatic amines is 1. The van der Waals surface area contributed by atoms with E-state index in [2.05, 4.69) is 15.2 Å². The van der Waals surface area contributed by atoms with Crippen LogP contribution in [0.5, 0.6) is 0 Å². The van der Waals surface area contributed by atoms with Gasteiger partial charge in [0.15, 0.2) is 5.78 Å². The second-order valence-electron chi connectivity index (χ2n) is 6.09. The lowest BCUT2D eigenvalue weighted by Gasteiger charge is -2.17. The SMILES string of the molecule is CCC(=O)N(C)c1ccc(-c2ccc(C(=O)Cc3ccn[nH]3)cn2)cc1F. The summed E-state index contributed by atoms with van der Waals surface area (Å²) in [4.78, 5) is 29.6. The first kappa shape index (κ1) is 18.4. The molecule has 3 rings (SSSR count). The standard InChI is InChI=1S/C20H19FN4O2/c1-3-20(27)25(2)18-7-5-13(10-16(18)21)17-6-4-14(12-22-17)19(26)11-15-8-9-23-24-15/h4-10,12H,3,11H2,1-2H3,(H,23,24). The molecule has 6 nitrogen and oxygen atoms in total. The van der Waals surface area contributed by atoms with Crippen molar-refractivity contribution in [3.05, 3.63) is 65.9 Å². The summed E-state index contributed by atoms with van der Waals surface area (Å²) in [7, 11) is 1.54. The zero-order valence-electron chi connectivity index (χ0n) is 15.1. The third-order valence-electron chi connectivity index (χ3n) is 4.28. The summed E-state index contributed by atoms with van der Waals surface area (Å²) < 4.78 is 14.4. The van der Waals surface area contributed by atoms with Gasteiger partial charge in [-0.25, -0.2) is 4.39 Å². The van der Waals surface area contributed by atoms with Gasteiger partial charge in [-0.2, -0.15) is 5.10 Å². The molecule has 0 bridgehead atoms. The average molecular weight is 366 g/mol. The van der Waals surface area contributed by atoms with E-state index in [1.54, 1.807) is 50.5 Å². The summed E-state index contributed by atoms with van der Waals surface area (Å²) in [5.41, 5.74) is 2.53. The van der Waals surface area contributed by atoms with Crippen LogP contribution in [0, 0.1) is 5.82 Å². The minimum Gasteiger partial charge on any atom is -0.313 e. The molecule has 0 aliphatic heterocycles. The second kappa shape index (κ2) is 7.90. The highest BCUT2D eigenvalue weighted by atomic mass is 19.1. The molecule has 7 heteroatoms. The van der Waals surface area contributed by atoms with Crippen LogP contribution in [0.1, 0.15) is 29.4 Å². The van der Waals surface area contributed by atoms with E-state index in [9.17, 15) is 14.0 Å². The van der Waals surface area contributed by atoms with Gasteiger partial charge in [0.1, 0.15) is 5.82 Å². The number of hydrogen-bond acceptors (Lipinski definition) is 4. The third-order valence-corrected chi connectivity index (χ3v) is 4.28. The molecular formula is C20H19FN4O2. The van der Waals surface area contributed by atoms with Gasteiger partial charge in [-0.1, -0.05) is 13.0 Å². The Morgan fingerprint density at radius 3 is 2.59 bits per heavy atom. The van der Waals surface area contributed by atoms with Crippen molar-refractivity contribution in [1.29, 1.82) is 0 Å². The maximum Gasteiger partial charge on any atom is 0.226 e. The monoisotopic (exact) mass is 366 g/mol. The van der Waals surface area contributed by atoms with Crippen LogP contribution in [-0.2, 0) is 11.2 Å². The number of benzene rings is 1. The first-order valence-corrected chi connectivity index (χ1v) is 8.53. The van der Waals surface area contributed by atoms with Gasteiger partial charge >= 0.3 is 0 Å². The topological polar surface area (TPSA) is 79.0 Å². The van der Waals surface area contributed by atoms with E-state index < -0.39 is 5.82 Å². The Kier molecular flexibility index (Phi) is 5.40. The van der Waals surface area contributed by atoms with E-state index in [-0.39, 0.29) is 23.8 Å². The molecule has 2 aromatic heterocycles. The Balaban J connectivity index is 1.78. The number of rotatable bonds is 6. The maximum absolute atomic E-state index is 14.4. The smallest absolute Gasteiger partial charge is 0.226 e. The predicted molar refractivity (Wildman–Crippen MR) is 100.0 cm³/mol. The molecule has 0 aliphatic rings. The number of carbonyl (C=O) groups is 2. The van der Waals surface area contributed by atoms with Crippen molar-refractivity contribution in [2.24, 2.45) is 0 Å². The number of halogens is 1. The van der Waals surface area contributed by atoms with Gasteiger partial charge in [0.2, 0.25) is 5.91 Å². The number of hydrogen-bond donors (Lipinski definition) is 1. The van der Waals surface area contributed by atoms with E-state index in [1.165, 1.54) is 17.2 Å². The van der Waals surface area contributed by atoms with Crippen LogP contribution in [0.2, 0.25) is 0 Å². The van der Waals surface area contributed by atoms with Crippen LogP contribution in [0.4, 0.5) is 10.1 Å². The maximum atomic E-state index is 14.4. The number of aromatic nitrogens is 3. The molecule has 27 heavy (non-hydrogen) atoms. The number of carbonyl (C=O) groups excluding carboxylic acids is 2. The molecule has 0 atom stereocenters. The van der Waals surface area contributed by atoms with Crippen molar-refractivity contribution in [1.82, 2.24) is 15.2 Å². The van der Waals surface area contributed by atoms with Crippen LogP contribution in [0.3, 0.4) is 0 Å². The van der Waals surface area contributed by atoms with Crippen molar-refractivity contribution in [2.75, 3.05) is 11.9 Å². The van der Waals surface area contributed by atoms with Crippen molar-refractivity contribution in [2.45, 2.75) is 19.8 Å². The number of ketones is 1. The van der Waals surface area contributed by atoms with Crippen LogP contribution < -0.4 is 4.90 Å². The number of nitrogens with zero attached hydrogens (tertiary/aromatic N) is 3. The first-order valence-electron chi connectivity index (χ1n) is 8.53. The van der Waals surface area contributed by atoms with E-state index in [0.29, 0.717) is 23.2 Å². The lowest BCUT2D eigenvalue weighted by atomic mass is 10.1. The summed E-state index contributed by atoms with van der Waals surface area (Å²) in [6.07, 6.45) is 3.58. The van der Waals surface area contributed by atoms with E-state index in [0.717, 1.165) is 5.69 Å². The van der Waals surface area contributed by atoms with Crippen molar-refractivity contribution < 1.29 is 14.0 Å². The number of nitrogens with one attached hydrogen (secondary N) is 1. The van der Waals surface area contributed by atoms with E-state index in [4.69, 9.17) is 0 Å². The fourth-order valence-corrected chi connectivity index (χ4v) is 2.70. The van der Waals surface area contributed by atoms with Gasteiger partial charge in [-0.05, 0) is 30.3 Å². The molecule has 3 aromatic rings. The zero-order valence-corrected chi connectivity index (χ0v) is 15.1. The average Bonchev–Trinajstić information content (AvgIpc) is 3.19. The van der Waals surface area contributed by atoms with E-state index >= 15 is 0 Å². The lowest BCUT2D eigenvalue weighted by Crippen LogP contribution is -2.25. The Morgan fingerprint density at radius 2 is 2.00 bits per heavy atom. The fraction of sp³-hybridized carbons (Fsp3) is 0.200. The molecule has 0 saturated heterocycles. The van der Waals surface area contributed by atoms with Crippen LogP contribution >= 0.6 is 0 Å². The normalized spacial score (nSPS) is 10.6. The Hall–Kier alpha value is -3.35. The van der Waals surface area contributed by atoms with Gasteiger partial charge in [0, 0.05) is 42.7 Å². The molecule has 138 valence electrons. The molecule has 2 heterocycles. The van der Waals surface area contributed by atoms with Crippen LogP contribution in [-0.4, -0.2) is 33.9 Å². The Morgan fingerprint density at radius 1 is 1.19 bits per heavy atom. The lowest BCUT2D eigenvalue weighted by molar-refractivity contribution is -0.118. The van der Waals surface area contributed by atoms with Crippen molar-refractivity contribution in [3.63, 3.8) is 0 Å². The molecule has 1 amide bonds. The van der Waals surface area contributed by atoms with Gasteiger partial charge in [-0.3, -0.25) is 19.7 Å². The van der Waals surface area contributed by atoms with Crippen LogP contribution in [0.15, 0.2) is 48.8 Å². The Labute approximate surface area is 156 Å². The molecular weight excluding hydrogens is 347 g/mol. The molecule has 0 unspecified atom stereocenters. The summed E-state index contributed by atoms with van der Waals surface area (Å²) in [6, 6.07) is 9.67. The highest BCUT2D eigenvalue weighted by molar-refractivity contribution is 5.97. The minimum absolute atomic E-state index is 0.0838. The fourth-order valence-electron chi connectivity index (χ4n) is 2.70. The summed E-state index contributed by atoms with van der Waals surface area (Å²) >= 11 is 0. The number of pyridine rings is 1. The molecule has 0 aliphatic carbocycles. The molecule has 0 saturated carbocycles. The molecule has 1 N–H and O–H groups in total. The quantitative estimate of drug-likeness (QED) is 0.678. The van der Waals surface area contributed by atoms with Crippen molar-refractivity contribution in [3.8, 4) is 11.3 Å². The van der Waals surface area contributed by atoms with Crippen LogP contribution in [0.25, 0.3) is 11.3 Å². The summed E-state index contributed by atoms with van der Waals surface area (Å²) in [5, 5.41) is 6.56. The van der Waals surface area contributed by atoms with Crippen molar-refractivity contribution >= 4 is 17.4 Å².